The van der Waals surface area contributed by atoms with Crippen molar-refractivity contribution in [2.75, 3.05) is 12.4 Å². The van der Waals surface area contributed by atoms with Crippen LogP contribution in [-0.2, 0) is 4.74 Å². The molecule has 1 aliphatic rings. The van der Waals surface area contributed by atoms with Crippen LogP contribution in [0.15, 0.2) is 30.5 Å². The van der Waals surface area contributed by atoms with Crippen LogP contribution >= 0.6 is 0 Å². The van der Waals surface area contributed by atoms with Gasteiger partial charge in [-0.1, -0.05) is 12.1 Å². The minimum atomic E-state index is -2.63. The van der Waals surface area contributed by atoms with Gasteiger partial charge in [0.1, 0.15) is 0 Å². The topological polar surface area (TPSA) is 34.1 Å². The average Bonchev–Trinajstić information content (AvgIpc) is 2.48. The molecular weight excluding hydrogens is 286 g/mol. The lowest BCUT2D eigenvalue weighted by Gasteiger charge is -2.36. The zero-order valence-electron chi connectivity index (χ0n) is 12.8. The van der Waals surface area contributed by atoms with E-state index in [1.165, 1.54) is 7.11 Å². The minimum absolute atomic E-state index is 0.105. The van der Waals surface area contributed by atoms with E-state index < -0.39 is 12.0 Å². The Labute approximate surface area is 128 Å². The van der Waals surface area contributed by atoms with Crippen molar-refractivity contribution in [2.24, 2.45) is 0 Å². The second kappa shape index (κ2) is 5.80. The number of hydrogen-bond acceptors (Lipinski definition) is 3. The van der Waals surface area contributed by atoms with Gasteiger partial charge in [-0.25, -0.2) is 8.78 Å². The Morgan fingerprint density at radius 3 is 2.95 bits per heavy atom. The summed E-state index contributed by atoms with van der Waals surface area (Å²) in [5.74, 6) is -2.63. The largest absolute Gasteiger partial charge is 0.379 e. The van der Waals surface area contributed by atoms with Crippen LogP contribution in [0, 0.1) is 6.92 Å². The Morgan fingerprint density at radius 1 is 1.36 bits per heavy atom. The maximum absolute atomic E-state index is 13.5. The van der Waals surface area contributed by atoms with Crippen LogP contribution in [-0.4, -0.2) is 30.2 Å². The maximum atomic E-state index is 13.5. The Hall–Kier alpha value is -1.75. The number of aromatic nitrogens is 1. The van der Waals surface area contributed by atoms with E-state index in [4.69, 9.17) is 4.74 Å². The van der Waals surface area contributed by atoms with Crippen LogP contribution in [0.5, 0.6) is 0 Å². The summed E-state index contributed by atoms with van der Waals surface area (Å²) in [7, 11) is 1.49. The van der Waals surface area contributed by atoms with E-state index in [0.717, 1.165) is 22.2 Å². The first-order valence-corrected chi connectivity index (χ1v) is 7.51. The SMILES string of the molecule is COC1CC(F)(F)CCC1Nc1cccc2cc(C)ncc12. The van der Waals surface area contributed by atoms with Gasteiger partial charge < -0.3 is 10.1 Å². The van der Waals surface area contributed by atoms with Crippen LogP contribution in [0.1, 0.15) is 25.0 Å². The fourth-order valence-electron chi connectivity index (χ4n) is 3.11. The van der Waals surface area contributed by atoms with Crippen molar-refractivity contribution >= 4 is 16.5 Å². The molecule has 1 aromatic heterocycles. The molecule has 1 aliphatic carbocycles. The number of anilines is 1. The molecule has 1 saturated carbocycles. The fraction of sp³-hybridized carbons (Fsp3) is 0.471. The van der Waals surface area contributed by atoms with E-state index in [2.05, 4.69) is 10.3 Å². The number of nitrogens with one attached hydrogen (secondary N) is 1. The van der Waals surface area contributed by atoms with E-state index in [0.29, 0.717) is 6.42 Å². The molecule has 0 radical (unpaired) electrons. The molecule has 1 fully saturated rings. The highest BCUT2D eigenvalue weighted by Gasteiger charge is 2.41. The molecular formula is C17H20F2N2O. The summed E-state index contributed by atoms with van der Waals surface area (Å²) in [6.45, 7) is 1.95. The molecule has 0 spiro atoms. The number of rotatable bonds is 3. The Balaban J connectivity index is 1.86. The van der Waals surface area contributed by atoms with Crippen LogP contribution in [0.2, 0.25) is 0 Å². The molecule has 0 saturated heterocycles. The highest BCUT2D eigenvalue weighted by atomic mass is 19.3. The molecule has 2 aromatic rings. The van der Waals surface area contributed by atoms with Crippen LogP contribution in [0.3, 0.4) is 0 Å². The molecule has 5 heteroatoms. The monoisotopic (exact) mass is 306 g/mol. The highest BCUT2D eigenvalue weighted by Crippen LogP contribution is 2.36. The predicted octanol–water partition coefficient (Wildman–Crippen LogP) is 4.16. The molecule has 0 aliphatic heterocycles. The molecule has 2 unspecified atom stereocenters. The number of aryl methyl sites for hydroxylation is 1. The molecule has 1 N–H and O–H groups in total. The number of benzene rings is 1. The first-order valence-electron chi connectivity index (χ1n) is 7.51. The van der Waals surface area contributed by atoms with Gasteiger partial charge in [0, 0.05) is 42.9 Å². The molecule has 3 nitrogen and oxygen atoms in total. The zero-order valence-corrected chi connectivity index (χ0v) is 12.8. The molecule has 1 aromatic carbocycles. The number of fused-ring (bicyclic) bond motifs is 1. The van der Waals surface area contributed by atoms with Crippen LogP contribution in [0.25, 0.3) is 10.8 Å². The van der Waals surface area contributed by atoms with Gasteiger partial charge in [0.05, 0.1) is 12.1 Å². The molecule has 0 bridgehead atoms. The zero-order chi connectivity index (χ0) is 15.7. The summed E-state index contributed by atoms with van der Waals surface area (Å²) in [6.07, 6.45) is 1.39. The van der Waals surface area contributed by atoms with Crippen LogP contribution < -0.4 is 5.32 Å². The van der Waals surface area contributed by atoms with Crippen molar-refractivity contribution in [1.82, 2.24) is 4.98 Å². The van der Waals surface area contributed by atoms with Gasteiger partial charge in [0.2, 0.25) is 0 Å². The van der Waals surface area contributed by atoms with Crippen molar-refractivity contribution in [2.45, 2.75) is 44.3 Å². The van der Waals surface area contributed by atoms with E-state index in [9.17, 15) is 8.78 Å². The quantitative estimate of drug-likeness (QED) is 0.924. The van der Waals surface area contributed by atoms with Crippen molar-refractivity contribution in [3.63, 3.8) is 0 Å². The number of ether oxygens (including phenoxy) is 1. The van der Waals surface area contributed by atoms with E-state index >= 15 is 0 Å². The first-order chi connectivity index (χ1) is 10.5. The third kappa shape index (κ3) is 3.04. The lowest BCUT2D eigenvalue weighted by Crippen LogP contribution is -2.44. The van der Waals surface area contributed by atoms with E-state index in [-0.39, 0.29) is 18.9 Å². The maximum Gasteiger partial charge on any atom is 0.250 e. The number of halogens is 2. The van der Waals surface area contributed by atoms with Gasteiger partial charge in [-0.15, -0.1) is 0 Å². The molecule has 22 heavy (non-hydrogen) atoms. The Bertz CT molecular complexity index is 675. The minimum Gasteiger partial charge on any atom is -0.379 e. The lowest BCUT2D eigenvalue weighted by atomic mass is 9.89. The van der Waals surface area contributed by atoms with Crippen molar-refractivity contribution in [1.29, 1.82) is 0 Å². The number of methoxy groups -OCH3 is 1. The standard InChI is InChI=1S/C17H20F2N2O/c1-11-8-12-4-3-5-14(13(12)10-20-11)21-15-6-7-17(18,19)9-16(15)22-2/h3-5,8,10,15-16,21H,6-7,9H2,1-2H3. The Morgan fingerprint density at radius 2 is 2.18 bits per heavy atom. The normalized spacial score (nSPS) is 24.4. The van der Waals surface area contributed by atoms with Gasteiger partial charge in [0.25, 0.3) is 5.92 Å². The summed E-state index contributed by atoms with van der Waals surface area (Å²) < 4.78 is 32.4. The number of nitrogens with zero attached hydrogens (tertiary/aromatic N) is 1. The predicted molar refractivity (Wildman–Crippen MR) is 83.5 cm³/mol. The van der Waals surface area contributed by atoms with E-state index in [1.54, 1.807) is 0 Å². The van der Waals surface area contributed by atoms with E-state index in [1.807, 2.05) is 37.4 Å². The van der Waals surface area contributed by atoms with Gasteiger partial charge >= 0.3 is 0 Å². The van der Waals surface area contributed by atoms with Gasteiger partial charge in [-0.05, 0) is 30.9 Å². The van der Waals surface area contributed by atoms with Crippen molar-refractivity contribution in [3.8, 4) is 0 Å². The van der Waals surface area contributed by atoms with Crippen molar-refractivity contribution < 1.29 is 13.5 Å². The summed E-state index contributed by atoms with van der Waals surface area (Å²) in [5.41, 5.74) is 1.87. The van der Waals surface area contributed by atoms with Crippen molar-refractivity contribution in [3.05, 3.63) is 36.2 Å². The molecule has 1 heterocycles. The fourth-order valence-corrected chi connectivity index (χ4v) is 3.11. The smallest absolute Gasteiger partial charge is 0.250 e. The molecule has 0 amide bonds. The lowest BCUT2D eigenvalue weighted by molar-refractivity contribution is -0.0907. The van der Waals surface area contributed by atoms with Crippen LogP contribution in [0.4, 0.5) is 14.5 Å². The molecule has 3 rings (SSSR count). The second-order valence-electron chi connectivity index (χ2n) is 5.98. The second-order valence-corrected chi connectivity index (χ2v) is 5.98. The average molecular weight is 306 g/mol. The summed E-state index contributed by atoms with van der Waals surface area (Å²) in [4.78, 5) is 4.33. The third-order valence-corrected chi connectivity index (χ3v) is 4.31. The summed E-state index contributed by atoms with van der Waals surface area (Å²) in [6, 6.07) is 7.85. The molecule has 2 atom stereocenters. The molecule has 118 valence electrons. The van der Waals surface area contributed by atoms with Gasteiger partial charge in [-0.3, -0.25) is 4.98 Å². The van der Waals surface area contributed by atoms with Gasteiger partial charge in [0.15, 0.2) is 0 Å². The first kappa shape index (κ1) is 15.2. The number of alkyl halides is 2. The number of hydrogen-bond donors (Lipinski definition) is 1. The summed E-state index contributed by atoms with van der Waals surface area (Å²) in [5, 5.41) is 5.47. The Kier molecular flexibility index (Phi) is 4.00. The summed E-state index contributed by atoms with van der Waals surface area (Å²) >= 11 is 0. The number of pyridine rings is 1. The highest BCUT2D eigenvalue weighted by molar-refractivity contribution is 5.93. The van der Waals surface area contributed by atoms with Gasteiger partial charge in [-0.2, -0.15) is 0 Å². The third-order valence-electron chi connectivity index (χ3n) is 4.31.